The van der Waals surface area contributed by atoms with E-state index in [0.29, 0.717) is 18.3 Å². The fourth-order valence-corrected chi connectivity index (χ4v) is 4.58. The number of rotatable bonds is 7. The van der Waals surface area contributed by atoms with Crippen molar-refractivity contribution in [3.05, 3.63) is 52.3 Å². The lowest BCUT2D eigenvalue weighted by Crippen LogP contribution is -2.38. The van der Waals surface area contributed by atoms with Crippen molar-refractivity contribution >= 4 is 5.91 Å². The smallest absolute Gasteiger partial charge is 0.274 e. The van der Waals surface area contributed by atoms with E-state index in [1.807, 2.05) is 23.6 Å². The first-order valence-corrected chi connectivity index (χ1v) is 10.9. The zero-order chi connectivity index (χ0) is 20.2. The molecule has 4 rings (SSSR count). The lowest BCUT2D eigenvalue weighted by atomic mass is 9.90. The second kappa shape index (κ2) is 9.09. The Morgan fingerprint density at radius 1 is 1.28 bits per heavy atom. The van der Waals surface area contributed by atoms with Crippen molar-refractivity contribution in [2.24, 2.45) is 7.05 Å². The molecule has 1 aromatic heterocycles. The molecule has 0 spiro atoms. The summed E-state index contributed by atoms with van der Waals surface area (Å²) in [6.07, 6.45) is 4.87. The number of carbonyl (C=O) groups excluding carboxylic acids is 1. The number of aryl methyl sites for hydroxylation is 1. The van der Waals surface area contributed by atoms with E-state index in [1.54, 1.807) is 0 Å². The molecule has 1 N–H and O–H groups in total. The summed E-state index contributed by atoms with van der Waals surface area (Å²) in [5, 5.41) is 8.30. The largest absolute Gasteiger partial charge is 0.382 e. The topological polar surface area (TPSA) is 59.4 Å². The zero-order valence-corrected chi connectivity index (χ0v) is 17.6. The molecule has 1 aliphatic carbocycles. The van der Waals surface area contributed by atoms with Gasteiger partial charge in [-0.1, -0.05) is 24.3 Å². The summed E-state index contributed by atoms with van der Waals surface area (Å²) in [7, 11) is 1.97. The number of hydrogen-bond donors (Lipinski definition) is 1. The van der Waals surface area contributed by atoms with Crippen LogP contribution in [0.2, 0.25) is 0 Å². The summed E-state index contributed by atoms with van der Waals surface area (Å²) in [6, 6.07) is 8.83. The lowest BCUT2D eigenvalue weighted by molar-refractivity contribution is 0.0726. The maximum absolute atomic E-state index is 13.3. The Kier molecular flexibility index (Phi) is 6.31. The van der Waals surface area contributed by atoms with Gasteiger partial charge in [0.2, 0.25) is 0 Å². The number of aromatic nitrogens is 2. The Hall–Kier alpha value is -2.18. The Bertz CT molecular complexity index is 861. The van der Waals surface area contributed by atoms with Crippen molar-refractivity contribution in [2.45, 2.75) is 51.6 Å². The van der Waals surface area contributed by atoms with Gasteiger partial charge in [0.1, 0.15) is 0 Å². The highest BCUT2D eigenvalue weighted by Gasteiger charge is 2.31. The molecule has 1 aliphatic heterocycles. The van der Waals surface area contributed by atoms with Gasteiger partial charge >= 0.3 is 0 Å². The molecule has 0 saturated heterocycles. The molecule has 6 nitrogen and oxygen atoms in total. The molecule has 29 heavy (non-hydrogen) atoms. The van der Waals surface area contributed by atoms with E-state index in [4.69, 9.17) is 4.74 Å². The van der Waals surface area contributed by atoms with E-state index >= 15 is 0 Å². The van der Waals surface area contributed by atoms with Crippen LogP contribution in [0.4, 0.5) is 0 Å². The van der Waals surface area contributed by atoms with Crippen molar-refractivity contribution < 1.29 is 9.53 Å². The third-order valence-corrected chi connectivity index (χ3v) is 6.18. The summed E-state index contributed by atoms with van der Waals surface area (Å²) in [6.45, 7) is 5.99. The number of amides is 1. The van der Waals surface area contributed by atoms with Crippen molar-refractivity contribution in [1.82, 2.24) is 20.0 Å². The van der Waals surface area contributed by atoms with Crippen LogP contribution in [-0.2, 0) is 37.6 Å². The molecule has 1 aromatic carbocycles. The summed E-state index contributed by atoms with van der Waals surface area (Å²) in [4.78, 5) is 15.3. The van der Waals surface area contributed by atoms with E-state index in [2.05, 4.69) is 34.7 Å². The van der Waals surface area contributed by atoms with E-state index in [9.17, 15) is 4.79 Å². The van der Waals surface area contributed by atoms with Crippen LogP contribution in [-0.4, -0.2) is 52.9 Å². The molecule has 0 saturated carbocycles. The van der Waals surface area contributed by atoms with Crippen LogP contribution in [0.5, 0.6) is 0 Å². The minimum atomic E-state index is 0.0772. The zero-order valence-electron chi connectivity index (χ0n) is 17.6. The highest BCUT2D eigenvalue weighted by Crippen LogP contribution is 2.27. The van der Waals surface area contributed by atoms with Gasteiger partial charge in [-0.2, -0.15) is 5.10 Å². The molecular weight excluding hydrogens is 364 g/mol. The SMILES string of the molecule is CCOCCCNC1CCc2c(c(C(=O)N3CCc4ccccc4C3)nn2C)C1. The Morgan fingerprint density at radius 3 is 2.93 bits per heavy atom. The van der Waals surface area contributed by atoms with E-state index in [-0.39, 0.29) is 5.91 Å². The predicted molar refractivity (Wildman–Crippen MR) is 113 cm³/mol. The maximum atomic E-state index is 13.3. The average molecular weight is 397 g/mol. The quantitative estimate of drug-likeness (QED) is 0.731. The molecule has 0 bridgehead atoms. The van der Waals surface area contributed by atoms with Crippen molar-refractivity contribution in [3.8, 4) is 0 Å². The highest BCUT2D eigenvalue weighted by molar-refractivity contribution is 5.94. The van der Waals surface area contributed by atoms with Crippen molar-refractivity contribution in [3.63, 3.8) is 0 Å². The number of nitrogens with zero attached hydrogens (tertiary/aromatic N) is 3. The fraction of sp³-hybridized carbons (Fsp3) is 0.565. The number of ether oxygens (including phenoxy) is 1. The standard InChI is InChI=1S/C23H32N4O2/c1-3-29-14-6-12-24-19-9-10-21-20(15-19)22(25-26(21)2)23(28)27-13-11-17-7-4-5-8-18(17)16-27/h4-5,7-8,19,24H,3,6,9-16H2,1-2H3. The molecular formula is C23H32N4O2. The summed E-state index contributed by atoms with van der Waals surface area (Å²) in [5.41, 5.74) is 5.63. The van der Waals surface area contributed by atoms with Gasteiger partial charge in [0, 0.05) is 50.7 Å². The van der Waals surface area contributed by atoms with Gasteiger partial charge < -0.3 is 15.0 Å². The van der Waals surface area contributed by atoms with Crippen LogP contribution in [0.15, 0.2) is 24.3 Å². The number of benzene rings is 1. The number of carbonyl (C=O) groups is 1. The third-order valence-electron chi connectivity index (χ3n) is 6.18. The lowest BCUT2D eigenvalue weighted by Gasteiger charge is -2.29. The van der Waals surface area contributed by atoms with Gasteiger partial charge in [0.05, 0.1) is 0 Å². The minimum Gasteiger partial charge on any atom is -0.382 e. The number of hydrogen-bond acceptors (Lipinski definition) is 4. The third kappa shape index (κ3) is 4.38. The molecule has 1 atom stereocenters. The first-order chi connectivity index (χ1) is 14.2. The molecule has 1 amide bonds. The summed E-state index contributed by atoms with van der Waals surface area (Å²) >= 11 is 0. The predicted octanol–water partition coefficient (Wildman–Crippen LogP) is 2.49. The molecule has 156 valence electrons. The van der Waals surface area contributed by atoms with Gasteiger partial charge in [-0.05, 0) is 56.7 Å². The van der Waals surface area contributed by atoms with Gasteiger partial charge in [-0.15, -0.1) is 0 Å². The second-order valence-electron chi connectivity index (χ2n) is 8.09. The van der Waals surface area contributed by atoms with Crippen LogP contribution in [0.3, 0.4) is 0 Å². The van der Waals surface area contributed by atoms with Gasteiger partial charge in [-0.25, -0.2) is 0 Å². The molecule has 2 aromatic rings. The van der Waals surface area contributed by atoms with Crippen LogP contribution < -0.4 is 5.32 Å². The van der Waals surface area contributed by atoms with Crippen LogP contribution >= 0.6 is 0 Å². The van der Waals surface area contributed by atoms with Gasteiger partial charge in [0.15, 0.2) is 5.69 Å². The van der Waals surface area contributed by atoms with E-state index in [0.717, 1.165) is 64.0 Å². The molecule has 2 aliphatic rings. The molecule has 0 fully saturated rings. The van der Waals surface area contributed by atoms with Crippen LogP contribution in [0.1, 0.15) is 52.6 Å². The average Bonchev–Trinajstić information content (AvgIpc) is 3.08. The molecule has 0 radical (unpaired) electrons. The molecule has 6 heteroatoms. The summed E-state index contributed by atoms with van der Waals surface area (Å²) < 4.78 is 7.34. The number of nitrogens with one attached hydrogen (secondary N) is 1. The highest BCUT2D eigenvalue weighted by atomic mass is 16.5. The van der Waals surface area contributed by atoms with Crippen molar-refractivity contribution in [2.75, 3.05) is 26.3 Å². The minimum absolute atomic E-state index is 0.0772. The van der Waals surface area contributed by atoms with E-state index < -0.39 is 0 Å². The Labute approximate surface area is 173 Å². The van der Waals surface area contributed by atoms with E-state index in [1.165, 1.54) is 16.8 Å². The maximum Gasteiger partial charge on any atom is 0.274 e. The van der Waals surface area contributed by atoms with Crippen molar-refractivity contribution in [1.29, 1.82) is 0 Å². The van der Waals surface area contributed by atoms with Gasteiger partial charge in [-0.3, -0.25) is 9.48 Å². The monoisotopic (exact) mass is 396 g/mol. The molecule has 2 heterocycles. The van der Waals surface area contributed by atoms with Gasteiger partial charge in [0.25, 0.3) is 5.91 Å². The Balaban J connectivity index is 1.44. The normalized spacial score (nSPS) is 18.4. The number of fused-ring (bicyclic) bond motifs is 2. The first-order valence-electron chi connectivity index (χ1n) is 10.9. The summed E-state index contributed by atoms with van der Waals surface area (Å²) in [5.74, 6) is 0.0772. The second-order valence-corrected chi connectivity index (χ2v) is 8.09. The van der Waals surface area contributed by atoms with Crippen LogP contribution in [0, 0.1) is 0 Å². The molecule has 1 unspecified atom stereocenters. The fourth-order valence-electron chi connectivity index (χ4n) is 4.58. The Morgan fingerprint density at radius 2 is 2.10 bits per heavy atom. The first kappa shape index (κ1) is 20.1. The van der Waals surface area contributed by atoms with Crippen LogP contribution in [0.25, 0.3) is 0 Å².